The van der Waals surface area contributed by atoms with E-state index in [1.54, 1.807) is 0 Å². The van der Waals surface area contributed by atoms with Crippen LogP contribution in [0.15, 0.2) is 24.3 Å². The Morgan fingerprint density at radius 1 is 1.16 bits per heavy atom. The molecule has 1 aromatic carbocycles. The zero-order valence-electron chi connectivity index (χ0n) is 11.6. The van der Waals surface area contributed by atoms with Crippen LogP contribution in [-0.4, -0.2) is 12.6 Å². The molecule has 2 fully saturated rings. The predicted octanol–water partition coefficient (Wildman–Crippen LogP) is 4.76. The smallest absolute Gasteiger partial charge is 0.0408 e. The number of hydrogen-bond donors (Lipinski definition) is 1. The Morgan fingerprint density at radius 2 is 1.95 bits per heavy atom. The summed E-state index contributed by atoms with van der Waals surface area (Å²) < 4.78 is 0. The standard InChI is InChI=1S/C17H24ClN/c18-16-7-3-6-14(11-16)15(12-19-17-8-9-17)10-13-4-1-2-5-13/h3,6-7,11,13,15,17,19H,1-2,4-5,8-10,12H2. The lowest BCUT2D eigenvalue weighted by molar-refractivity contribution is 0.426. The van der Waals surface area contributed by atoms with E-state index in [0.717, 1.165) is 23.5 Å². The van der Waals surface area contributed by atoms with Gasteiger partial charge in [0.1, 0.15) is 0 Å². The van der Waals surface area contributed by atoms with Crippen molar-refractivity contribution < 1.29 is 0 Å². The molecule has 0 bridgehead atoms. The highest BCUT2D eigenvalue weighted by Gasteiger charge is 2.25. The molecule has 0 saturated heterocycles. The molecule has 2 aliphatic carbocycles. The fraction of sp³-hybridized carbons (Fsp3) is 0.647. The average Bonchev–Trinajstić information content (AvgIpc) is 3.10. The van der Waals surface area contributed by atoms with E-state index in [9.17, 15) is 0 Å². The average molecular weight is 278 g/mol. The predicted molar refractivity (Wildman–Crippen MR) is 81.8 cm³/mol. The van der Waals surface area contributed by atoms with E-state index >= 15 is 0 Å². The Labute approximate surface area is 121 Å². The quantitative estimate of drug-likeness (QED) is 0.791. The molecule has 2 saturated carbocycles. The third-order valence-electron chi connectivity index (χ3n) is 4.64. The van der Waals surface area contributed by atoms with Gasteiger partial charge in [0.15, 0.2) is 0 Å². The molecule has 19 heavy (non-hydrogen) atoms. The first kappa shape index (κ1) is 13.5. The molecule has 0 spiro atoms. The van der Waals surface area contributed by atoms with Gasteiger partial charge in [-0.3, -0.25) is 0 Å². The van der Waals surface area contributed by atoms with Crippen molar-refractivity contribution >= 4 is 11.6 Å². The first-order chi connectivity index (χ1) is 9.31. The van der Waals surface area contributed by atoms with Crippen LogP contribution in [0.2, 0.25) is 5.02 Å². The minimum Gasteiger partial charge on any atom is -0.313 e. The molecular weight excluding hydrogens is 254 g/mol. The fourth-order valence-corrected chi connectivity index (χ4v) is 3.54. The van der Waals surface area contributed by atoms with E-state index in [1.165, 1.54) is 50.5 Å². The lowest BCUT2D eigenvalue weighted by Gasteiger charge is -2.22. The highest BCUT2D eigenvalue weighted by molar-refractivity contribution is 6.30. The van der Waals surface area contributed by atoms with Gasteiger partial charge >= 0.3 is 0 Å². The zero-order chi connectivity index (χ0) is 13.1. The molecule has 3 rings (SSSR count). The van der Waals surface area contributed by atoms with Crippen LogP contribution in [0.5, 0.6) is 0 Å². The Kier molecular flexibility index (Phi) is 4.45. The maximum absolute atomic E-state index is 6.16. The SMILES string of the molecule is Clc1cccc(C(CNC2CC2)CC2CCCC2)c1. The summed E-state index contributed by atoms with van der Waals surface area (Å²) in [5.74, 6) is 1.58. The van der Waals surface area contributed by atoms with Gasteiger partial charge in [-0.15, -0.1) is 0 Å². The number of hydrogen-bond acceptors (Lipinski definition) is 1. The van der Waals surface area contributed by atoms with E-state index < -0.39 is 0 Å². The molecule has 0 radical (unpaired) electrons. The second-order valence-electron chi connectivity index (χ2n) is 6.32. The molecule has 1 atom stereocenters. The molecule has 0 aliphatic heterocycles. The van der Waals surface area contributed by atoms with E-state index in [-0.39, 0.29) is 0 Å². The van der Waals surface area contributed by atoms with E-state index in [0.29, 0.717) is 5.92 Å². The second kappa shape index (κ2) is 6.28. The molecule has 0 aromatic heterocycles. The highest BCUT2D eigenvalue weighted by atomic mass is 35.5. The Balaban J connectivity index is 1.66. The summed E-state index contributed by atoms with van der Waals surface area (Å²) >= 11 is 6.16. The molecule has 2 heteroatoms. The lowest BCUT2D eigenvalue weighted by Crippen LogP contribution is -2.24. The monoisotopic (exact) mass is 277 g/mol. The summed E-state index contributed by atoms with van der Waals surface area (Å²) in [7, 11) is 0. The van der Waals surface area contributed by atoms with E-state index in [2.05, 4.69) is 23.5 Å². The third-order valence-corrected chi connectivity index (χ3v) is 4.88. The third kappa shape index (κ3) is 3.97. The van der Waals surface area contributed by atoms with E-state index in [1.807, 2.05) is 6.07 Å². The molecule has 2 aliphatic rings. The minimum absolute atomic E-state index is 0.641. The summed E-state index contributed by atoms with van der Waals surface area (Å²) in [6, 6.07) is 9.28. The molecule has 0 amide bonds. The molecule has 0 heterocycles. The van der Waals surface area contributed by atoms with Gasteiger partial charge in [0.2, 0.25) is 0 Å². The minimum atomic E-state index is 0.641. The summed E-state index contributed by atoms with van der Waals surface area (Å²) in [6.07, 6.45) is 9.80. The van der Waals surface area contributed by atoms with E-state index in [4.69, 9.17) is 11.6 Å². The number of rotatable bonds is 6. The topological polar surface area (TPSA) is 12.0 Å². The largest absolute Gasteiger partial charge is 0.313 e. The van der Waals surface area contributed by atoms with Gasteiger partial charge < -0.3 is 5.32 Å². The molecule has 104 valence electrons. The Hall–Kier alpha value is -0.530. The van der Waals surface area contributed by atoms with Crippen molar-refractivity contribution in [2.24, 2.45) is 5.92 Å². The van der Waals surface area contributed by atoms with Crippen molar-refractivity contribution in [3.8, 4) is 0 Å². The first-order valence-electron chi connectivity index (χ1n) is 7.80. The lowest BCUT2D eigenvalue weighted by atomic mass is 9.88. The van der Waals surface area contributed by atoms with Crippen LogP contribution in [0.3, 0.4) is 0 Å². The maximum Gasteiger partial charge on any atom is 0.0408 e. The van der Waals surface area contributed by atoms with Crippen LogP contribution < -0.4 is 5.32 Å². The number of halogens is 1. The van der Waals surface area contributed by atoms with Crippen LogP contribution >= 0.6 is 11.6 Å². The molecule has 1 N–H and O–H groups in total. The van der Waals surface area contributed by atoms with Gasteiger partial charge in [-0.2, -0.15) is 0 Å². The summed E-state index contributed by atoms with van der Waals surface area (Å²) in [5, 5.41) is 4.58. The van der Waals surface area contributed by atoms with Crippen molar-refractivity contribution in [1.82, 2.24) is 5.32 Å². The van der Waals surface area contributed by atoms with Gasteiger partial charge in [0, 0.05) is 17.6 Å². The van der Waals surface area contributed by atoms with Gasteiger partial charge in [0.05, 0.1) is 0 Å². The van der Waals surface area contributed by atoms with Gasteiger partial charge in [0.25, 0.3) is 0 Å². The molecule has 1 nitrogen and oxygen atoms in total. The summed E-state index contributed by atoms with van der Waals surface area (Å²) in [6.45, 7) is 1.13. The van der Waals surface area contributed by atoms with Crippen LogP contribution in [0.25, 0.3) is 0 Å². The summed E-state index contributed by atoms with van der Waals surface area (Å²) in [5.41, 5.74) is 1.42. The van der Waals surface area contributed by atoms with Crippen LogP contribution in [0, 0.1) is 5.92 Å². The Bertz CT molecular complexity index is 407. The van der Waals surface area contributed by atoms with Gasteiger partial charge in [-0.1, -0.05) is 49.4 Å². The molecule has 1 unspecified atom stereocenters. The number of benzene rings is 1. The van der Waals surface area contributed by atoms with Crippen molar-refractivity contribution in [3.05, 3.63) is 34.9 Å². The van der Waals surface area contributed by atoms with Crippen molar-refractivity contribution in [3.63, 3.8) is 0 Å². The van der Waals surface area contributed by atoms with Crippen molar-refractivity contribution in [2.45, 2.75) is 56.9 Å². The Morgan fingerprint density at radius 3 is 2.63 bits per heavy atom. The van der Waals surface area contributed by atoms with Crippen LogP contribution in [0.1, 0.15) is 56.4 Å². The zero-order valence-corrected chi connectivity index (χ0v) is 12.3. The van der Waals surface area contributed by atoms with Crippen molar-refractivity contribution in [1.29, 1.82) is 0 Å². The maximum atomic E-state index is 6.16. The van der Waals surface area contributed by atoms with Gasteiger partial charge in [-0.25, -0.2) is 0 Å². The first-order valence-corrected chi connectivity index (χ1v) is 8.18. The normalized spacial score (nSPS) is 21.7. The van der Waals surface area contributed by atoms with Gasteiger partial charge in [-0.05, 0) is 48.8 Å². The second-order valence-corrected chi connectivity index (χ2v) is 6.76. The molecular formula is C17H24ClN. The number of nitrogens with one attached hydrogen (secondary N) is 1. The fourth-order valence-electron chi connectivity index (χ4n) is 3.34. The van der Waals surface area contributed by atoms with Crippen molar-refractivity contribution in [2.75, 3.05) is 6.54 Å². The summed E-state index contributed by atoms with van der Waals surface area (Å²) in [4.78, 5) is 0. The van der Waals surface area contributed by atoms with Crippen LogP contribution in [-0.2, 0) is 0 Å². The van der Waals surface area contributed by atoms with Crippen LogP contribution in [0.4, 0.5) is 0 Å². The highest BCUT2D eigenvalue weighted by Crippen LogP contribution is 2.35. The molecule has 1 aromatic rings.